The van der Waals surface area contributed by atoms with Gasteiger partial charge in [0.15, 0.2) is 0 Å². The van der Waals surface area contributed by atoms with E-state index in [0.717, 1.165) is 17.8 Å². The van der Waals surface area contributed by atoms with Gasteiger partial charge in [-0.1, -0.05) is 0 Å². The van der Waals surface area contributed by atoms with Crippen molar-refractivity contribution in [2.45, 2.75) is 38.2 Å². The molecular weight excluding hydrogens is 238 g/mol. The van der Waals surface area contributed by atoms with Gasteiger partial charge in [-0.05, 0) is 38.5 Å². The Morgan fingerprint density at radius 2 is 2.12 bits per heavy atom. The van der Waals surface area contributed by atoms with Crippen LogP contribution in [0.25, 0.3) is 0 Å². The van der Waals surface area contributed by atoms with Crippen molar-refractivity contribution in [1.82, 2.24) is 4.98 Å². The number of aliphatic carboxylic acids is 1. The lowest BCUT2D eigenvalue weighted by Gasteiger charge is -2.35. The highest BCUT2D eigenvalue weighted by Gasteiger charge is 2.39. The SMILES string of the molecule is CC(O)(c1nccs1)C1CCC(C(=O)O)CC1. The number of hydrogen-bond acceptors (Lipinski definition) is 4. The molecule has 1 aliphatic rings. The fraction of sp³-hybridized carbons (Fsp3) is 0.667. The van der Waals surface area contributed by atoms with Crippen LogP contribution in [0.4, 0.5) is 0 Å². The van der Waals surface area contributed by atoms with Crippen molar-refractivity contribution in [3.8, 4) is 0 Å². The molecule has 4 nitrogen and oxygen atoms in total. The number of carboxylic acid groups (broad SMARTS) is 1. The van der Waals surface area contributed by atoms with Crippen molar-refractivity contribution < 1.29 is 15.0 Å². The number of nitrogens with zero attached hydrogens (tertiary/aromatic N) is 1. The molecule has 1 fully saturated rings. The monoisotopic (exact) mass is 255 g/mol. The molecule has 1 aliphatic carbocycles. The maximum atomic E-state index is 10.9. The molecule has 0 spiro atoms. The maximum absolute atomic E-state index is 10.9. The molecule has 0 amide bonds. The van der Waals surface area contributed by atoms with Crippen LogP contribution in [0.1, 0.15) is 37.6 Å². The molecule has 94 valence electrons. The zero-order valence-electron chi connectivity index (χ0n) is 9.80. The summed E-state index contributed by atoms with van der Waals surface area (Å²) in [5.41, 5.74) is -0.919. The maximum Gasteiger partial charge on any atom is 0.306 e. The van der Waals surface area contributed by atoms with Crippen molar-refractivity contribution in [2.75, 3.05) is 0 Å². The van der Waals surface area contributed by atoms with Gasteiger partial charge < -0.3 is 10.2 Å². The minimum absolute atomic E-state index is 0.115. The molecule has 17 heavy (non-hydrogen) atoms. The highest BCUT2D eigenvalue weighted by molar-refractivity contribution is 7.09. The Labute approximate surface area is 104 Å². The van der Waals surface area contributed by atoms with Crippen LogP contribution in [-0.2, 0) is 10.4 Å². The van der Waals surface area contributed by atoms with Gasteiger partial charge >= 0.3 is 5.97 Å². The van der Waals surface area contributed by atoms with E-state index in [9.17, 15) is 9.90 Å². The lowest BCUT2D eigenvalue weighted by molar-refractivity contribution is -0.144. The van der Waals surface area contributed by atoms with Crippen molar-refractivity contribution in [2.24, 2.45) is 11.8 Å². The van der Waals surface area contributed by atoms with Crippen LogP contribution in [0, 0.1) is 11.8 Å². The van der Waals surface area contributed by atoms with Crippen molar-refractivity contribution in [3.05, 3.63) is 16.6 Å². The normalized spacial score (nSPS) is 28.6. The summed E-state index contributed by atoms with van der Waals surface area (Å²) in [6.45, 7) is 1.79. The Morgan fingerprint density at radius 1 is 1.47 bits per heavy atom. The molecule has 2 rings (SSSR count). The molecule has 0 saturated heterocycles. The average molecular weight is 255 g/mol. The summed E-state index contributed by atoms with van der Waals surface area (Å²) in [5.74, 6) is -0.833. The van der Waals surface area contributed by atoms with Gasteiger partial charge in [-0.3, -0.25) is 4.79 Å². The van der Waals surface area contributed by atoms with E-state index in [1.807, 2.05) is 5.38 Å². The number of thiazole rings is 1. The van der Waals surface area contributed by atoms with E-state index >= 15 is 0 Å². The Kier molecular flexibility index (Phi) is 3.49. The number of aromatic nitrogens is 1. The van der Waals surface area contributed by atoms with Crippen molar-refractivity contribution in [1.29, 1.82) is 0 Å². The minimum Gasteiger partial charge on any atom is -0.481 e. The van der Waals surface area contributed by atoms with Gasteiger partial charge in [0, 0.05) is 11.6 Å². The standard InChI is InChI=1S/C12H17NO3S/c1-12(16,11-13-6-7-17-11)9-4-2-8(3-5-9)10(14)15/h6-9,16H,2-5H2,1H3,(H,14,15). The van der Waals surface area contributed by atoms with Gasteiger partial charge in [-0.2, -0.15) is 0 Å². The first-order valence-electron chi connectivity index (χ1n) is 5.87. The van der Waals surface area contributed by atoms with Gasteiger partial charge in [0.25, 0.3) is 0 Å². The van der Waals surface area contributed by atoms with Crippen LogP contribution in [0.5, 0.6) is 0 Å². The van der Waals surface area contributed by atoms with Crippen LogP contribution in [-0.4, -0.2) is 21.2 Å². The Bertz CT molecular complexity index is 380. The molecule has 1 heterocycles. The van der Waals surface area contributed by atoms with E-state index in [1.165, 1.54) is 11.3 Å². The van der Waals surface area contributed by atoms with E-state index in [2.05, 4.69) is 4.98 Å². The second-order valence-electron chi connectivity index (χ2n) is 4.87. The number of carboxylic acids is 1. The van der Waals surface area contributed by atoms with E-state index in [4.69, 9.17) is 5.11 Å². The largest absolute Gasteiger partial charge is 0.481 e. The smallest absolute Gasteiger partial charge is 0.306 e. The molecule has 1 atom stereocenters. The third-order valence-electron chi connectivity index (χ3n) is 3.74. The second kappa shape index (κ2) is 4.74. The lowest BCUT2D eigenvalue weighted by atomic mass is 9.74. The number of carbonyl (C=O) groups is 1. The minimum atomic E-state index is -0.919. The van der Waals surface area contributed by atoms with Gasteiger partial charge in [0.05, 0.1) is 5.92 Å². The zero-order valence-corrected chi connectivity index (χ0v) is 10.6. The first-order chi connectivity index (χ1) is 8.01. The fourth-order valence-corrected chi connectivity index (χ4v) is 3.33. The summed E-state index contributed by atoms with van der Waals surface area (Å²) in [6.07, 6.45) is 4.51. The molecule has 1 saturated carbocycles. The molecule has 1 aromatic rings. The van der Waals surface area contributed by atoms with Crippen LogP contribution in [0.15, 0.2) is 11.6 Å². The summed E-state index contributed by atoms with van der Waals surface area (Å²) >= 11 is 1.45. The third-order valence-corrected chi connectivity index (χ3v) is 4.74. The molecule has 0 aromatic carbocycles. The van der Waals surface area contributed by atoms with Gasteiger partial charge in [0.1, 0.15) is 10.6 Å². The molecule has 0 bridgehead atoms. The number of hydrogen-bond donors (Lipinski definition) is 2. The summed E-state index contributed by atoms with van der Waals surface area (Å²) in [5, 5.41) is 22.0. The van der Waals surface area contributed by atoms with Crippen molar-refractivity contribution >= 4 is 17.3 Å². The molecule has 0 radical (unpaired) electrons. The second-order valence-corrected chi connectivity index (χ2v) is 5.77. The molecule has 1 unspecified atom stereocenters. The molecular formula is C12H17NO3S. The highest BCUT2D eigenvalue weighted by Crippen LogP contribution is 2.41. The number of rotatable bonds is 3. The van der Waals surface area contributed by atoms with Crippen LogP contribution >= 0.6 is 11.3 Å². The summed E-state index contributed by atoms with van der Waals surface area (Å²) < 4.78 is 0. The first kappa shape index (κ1) is 12.5. The van der Waals surface area contributed by atoms with Gasteiger partial charge in [-0.15, -0.1) is 11.3 Å². The van der Waals surface area contributed by atoms with Crippen LogP contribution in [0.3, 0.4) is 0 Å². The molecule has 2 N–H and O–H groups in total. The quantitative estimate of drug-likeness (QED) is 0.869. The predicted molar refractivity (Wildman–Crippen MR) is 64.8 cm³/mol. The molecule has 5 heteroatoms. The average Bonchev–Trinajstić information content (AvgIpc) is 2.83. The summed E-state index contributed by atoms with van der Waals surface area (Å²) in [4.78, 5) is 15.0. The van der Waals surface area contributed by atoms with Crippen LogP contribution < -0.4 is 0 Å². The van der Waals surface area contributed by atoms with Gasteiger partial charge in [-0.25, -0.2) is 4.98 Å². The summed E-state index contributed by atoms with van der Waals surface area (Å²) in [6, 6.07) is 0. The Balaban J connectivity index is 2.03. The third kappa shape index (κ3) is 2.50. The summed E-state index contributed by atoms with van der Waals surface area (Å²) in [7, 11) is 0. The first-order valence-corrected chi connectivity index (χ1v) is 6.75. The zero-order chi connectivity index (χ0) is 12.5. The number of aliphatic hydroxyl groups is 1. The van der Waals surface area contributed by atoms with E-state index in [-0.39, 0.29) is 11.8 Å². The Morgan fingerprint density at radius 3 is 2.59 bits per heavy atom. The topological polar surface area (TPSA) is 70.4 Å². The Hall–Kier alpha value is -0.940. The van der Waals surface area contributed by atoms with Crippen LogP contribution in [0.2, 0.25) is 0 Å². The van der Waals surface area contributed by atoms with Gasteiger partial charge in [0.2, 0.25) is 0 Å². The van der Waals surface area contributed by atoms with E-state index < -0.39 is 11.6 Å². The fourth-order valence-electron chi connectivity index (χ4n) is 2.55. The van der Waals surface area contributed by atoms with Crippen molar-refractivity contribution in [3.63, 3.8) is 0 Å². The molecule has 0 aliphatic heterocycles. The molecule has 1 aromatic heterocycles. The highest BCUT2D eigenvalue weighted by atomic mass is 32.1. The van der Waals surface area contributed by atoms with E-state index in [0.29, 0.717) is 12.8 Å². The predicted octanol–water partition coefficient (Wildman–Crippen LogP) is 2.24. The van der Waals surface area contributed by atoms with E-state index in [1.54, 1.807) is 13.1 Å². The lowest BCUT2D eigenvalue weighted by Crippen LogP contribution is -2.35.